The molecule has 3 saturated heterocycles. The van der Waals surface area contributed by atoms with E-state index in [2.05, 4.69) is 15.5 Å². The molecule has 0 spiro atoms. The number of hydrogen-bond acceptors (Lipinski definition) is 5. The minimum atomic E-state index is -0.0718. The Morgan fingerprint density at radius 3 is 2.86 bits per heavy atom. The summed E-state index contributed by atoms with van der Waals surface area (Å²) in [6, 6.07) is -0.107. The molecule has 2 unspecified atom stereocenters. The maximum atomic E-state index is 12.1. The van der Waals surface area contributed by atoms with Crippen molar-refractivity contribution >= 4 is 11.8 Å². The Balaban J connectivity index is 1.40. The predicted molar refractivity (Wildman–Crippen MR) is 81.4 cm³/mol. The zero-order chi connectivity index (χ0) is 15.4. The fourth-order valence-corrected chi connectivity index (χ4v) is 3.38. The van der Waals surface area contributed by atoms with Crippen LogP contribution in [0, 0.1) is 0 Å². The smallest absolute Gasteiger partial charge is 0.237 e. The molecule has 0 radical (unpaired) electrons. The number of likely N-dealkylation sites (tertiary alicyclic amines) is 1. The molecular formula is C15H26N4O3. The SMILES string of the molecule is O=C(NC1CC(=O)N(CCN2CCOCC2)C1)C1CCCN1. The van der Waals surface area contributed by atoms with Gasteiger partial charge in [0.15, 0.2) is 0 Å². The summed E-state index contributed by atoms with van der Waals surface area (Å²) in [4.78, 5) is 28.4. The van der Waals surface area contributed by atoms with Gasteiger partial charge >= 0.3 is 0 Å². The van der Waals surface area contributed by atoms with Crippen molar-refractivity contribution < 1.29 is 14.3 Å². The van der Waals surface area contributed by atoms with Gasteiger partial charge in [0.1, 0.15) is 0 Å². The molecule has 2 atom stereocenters. The highest BCUT2D eigenvalue weighted by atomic mass is 16.5. The van der Waals surface area contributed by atoms with Crippen molar-refractivity contribution in [2.24, 2.45) is 0 Å². The number of nitrogens with zero attached hydrogens (tertiary/aromatic N) is 2. The van der Waals surface area contributed by atoms with E-state index in [-0.39, 0.29) is 23.9 Å². The lowest BCUT2D eigenvalue weighted by molar-refractivity contribution is -0.128. The van der Waals surface area contributed by atoms with Crippen molar-refractivity contribution in [1.29, 1.82) is 0 Å². The largest absolute Gasteiger partial charge is 0.379 e. The van der Waals surface area contributed by atoms with Crippen LogP contribution in [0.25, 0.3) is 0 Å². The normalized spacial score (nSPS) is 30.0. The minimum Gasteiger partial charge on any atom is -0.379 e. The summed E-state index contributed by atoms with van der Waals surface area (Å²) in [5, 5.41) is 6.21. The molecule has 2 amide bonds. The first-order valence-electron chi connectivity index (χ1n) is 8.34. The van der Waals surface area contributed by atoms with E-state index in [1.807, 2.05) is 4.90 Å². The molecule has 0 aromatic heterocycles. The van der Waals surface area contributed by atoms with Crippen LogP contribution in [-0.4, -0.2) is 86.2 Å². The summed E-state index contributed by atoms with van der Waals surface area (Å²) in [6.07, 6.45) is 2.38. The molecule has 3 heterocycles. The number of carbonyl (C=O) groups excluding carboxylic acids is 2. The fourth-order valence-electron chi connectivity index (χ4n) is 3.38. The molecule has 3 aliphatic rings. The minimum absolute atomic E-state index is 0.0351. The molecule has 2 N–H and O–H groups in total. The molecule has 0 saturated carbocycles. The molecule has 0 aliphatic carbocycles. The summed E-state index contributed by atoms with van der Waals surface area (Å²) < 4.78 is 5.33. The fraction of sp³-hybridized carbons (Fsp3) is 0.867. The topological polar surface area (TPSA) is 73.9 Å². The standard InChI is InChI=1S/C15H26N4O3/c20-14-10-12(17-15(21)13-2-1-3-16-13)11-19(14)5-4-18-6-8-22-9-7-18/h12-13,16H,1-11H2,(H,17,21). The number of carbonyl (C=O) groups is 2. The first-order valence-corrected chi connectivity index (χ1v) is 8.34. The maximum Gasteiger partial charge on any atom is 0.237 e. The Labute approximate surface area is 131 Å². The van der Waals surface area contributed by atoms with E-state index in [1.165, 1.54) is 0 Å². The van der Waals surface area contributed by atoms with Gasteiger partial charge in [-0.2, -0.15) is 0 Å². The second-order valence-electron chi connectivity index (χ2n) is 6.35. The molecule has 0 bridgehead atoms. The summed E-state index contributed by atoms with van der Waals surface area (Å²) in [6.45, 7) is 6.62. The zero-order valence-electron chi connectivity index (χ0n) is 13.1. The van der Waals surface area contributed by atoms with E-state index < -0.39 is 0 Å². The molecule has 3 rings (SSSR count). The molecular weight excluding hydrogens is 284 g/mol. The first-order chi connectivity index (χ1) is 10.7. The van der Waals surface area contributed by atoms with Gasteiger partial charge in [-0.25, -0.2) is 0 Å². The monoisotopic (exact) mass is 310 g/mol. The van der Waals surface area contributed by atoms with Crippen LogP contribution in [-0.2, 0) is 14.3 Å². The van der Waals surface area contributed by atoms with Crippen LogP contribution in [0.5, 0.6) is 0 Å². The molecule has 22 heavy (non-hydrogen) atoms. The number of nitrogens with one attached hydrogen (secondary N) is 2. The Bertz CT molecular complexity index is 406. The molecule has 3 aliphatic heterocycles. The first kappa shape index (κ1) is 15.7. The zero-order valence-corrected chi connectivity index (χ0v) is 13.1. The van der Waals surface area contributed by atoms with Gasteiger partial charge in [0.05, 0.1) is 25.3 Å². The van der Waals surface area contributed by atoms with Gasteiger partial charge in [-0.1, -0.05) is 0 Å². The summed E-state index contributed by atoms with van der Waals surface area (Å²) >= 11 is 0. The van der Waals surface area contributed by atoms with E-state index in [0.29, 0.717) is 13.0 Å². The van der Waals surface area contributed by atoms with E-state index in [9.17, 15) is 9.59 Å². The van der Waals surface area contributed by atoms with E-state index in [0.717, 1.165) is 58.8 Å². The van der Waals surface area contributed by atoms with E-state index in [1.54, 1.807) is 0 Å². The number of rotatable bonds is 5. The average Bonchev–Trinajstić information content (AvgIpc) is 3.16. The van der Waals surface area contributed by atoms with Gasteiger partial charge in [-0.3, -0.25) is 14.5 Å². The highest BCUT2D eigenvalue weighted by Crippen LogP contribution is 2.13. The van der Waals surface area contributed by atoms with Crippen molar-refractivity contribution in [3.05, 3.63) is 0 Å². The van der Waals surface area contributed by atoms with Crippen LogP contribution in [0.4, 0.5) is 0 Å². The second-order valence-corrected chi connectivity index (χ2v) is 6.35. The summed E-state index contributed by atoms with van der Waals surface area (Å²) in [5.74, 6) is 0.197. The number of amides is 2. The van der Waals surface area contributed by atoms with Crippen molar-refractivity contribution in [2.75, 3.05) is 52.5 Å². The lowest BCUT2D eigenvalue weighted by Gasteiger charge is -2.28. The number of ether oxygens (including phenoxy) is 1. The maximum absolute atomic E-state index is 12.1. The van der Waals surface area contributed by atoms with Crippen molar-refractivity contribution in [1.82, 2.24) is 20.4 Å². The number of hydrogen-bond donors (Lipinski definition) is 2. The van der Waals surface area contributed by atoms with Crippen LogP contribution in [0.3, 0.4) is 0 Å². The Kier molecular flexibility index (Phi) is 5.28. The summed E-state index contributed by atoms with van der Waals surface area (Å²) in [5.41, 5.74) is 0. The third-order valence-corrected chi connectivity index (χ3v) is 4.73. The third kappa shape index (κ3) is 3.97. The highest BCUT2D eigenvalue weighted by Gasteiger charge is 2.32. The van der Waals surface area contributed by atoms with Gasteiger partial charge in [-0.15, -0.1) is 0 Å². The van der Waals surface area contributed by atoms with Crippen molar-refractivity contribution in [3.8, 4) is 0 Å². The molecule has 0 aromatic carbocycles. The molecule has 124 valence electrons. The third-order valence-electron chi connectivity index (χ3n) is 4.73. The predicted octanol–water partition coefficient (Wildman–Crippen LogP) is -1.21. The van der Waals surface area contributed by atoms with Crippen molar-refractivity contribution in [2.45, 2.75) is 31.3 Å². The molecule has 7 nitrogen and oxygen atoms in total. The second kappa shape index (κ2) is 7.39. The van der Waals surface area contributed by atoms with Gasteiger partial charge in [-0.05, 0) is 19.4 Å². The summed E-state index contributed by atoms with van der Waals surface area (Å²) in [7, 11) is 0. The van der Waals surface area contributed by atoms with E-state index in [4.69, 9.17) is 4.74 Å². The van der Waals surface area contributed by atoms with Gasteiger partial charge in [0.25, 0.3) is 0 Å². The van der Waals surface area contributed by atoms with Gasteiger partial charge in [0.2, 0.25) is 11.8 Å². The van der Waals surface area contributed by atoms with E-state index >= 15 is 0 Å². The Morgan fingerprint density at radius 1 is 1.32 bits per heavy atom. The Hall–Kier alpha value is -1.18. The molecule has 0 aromatic rings. The lowest BCUT2D eigenvalue weighted by atomic mass is 10.2. The van der Waals surface area contributed by atoms with Crippen LogP contribution in [0.15, 0.2) is 0 Å². The molecule has 7 heteroatoms. The van der Waals surface area contributed by atoms with Crippen molar-refractivity contribution in [3.63, 3.8) is 0 Å². The quantitative estimate of drug-likeness (QED) is 0.666. The van der Waals surface area contributed by atoms with Gasteiger partial charge < -0.3 is 20.3 Å². The highest BCUT2D eigenvalue weighted by molar-refractivity contribution is 5.85. The average molecular weight is 310 g/mol. The van der Waals surface area contributed by atoms with Crippen LogP contribution >= 0.6 is 0 Å². The van der Waals surface area contributed by atoms with Crippen LogP contribution in [0.1, 0.15) is 19.3 Å². The van der Waals surface area contributed by atoms with Crippen LogP contribution < -0.4 is 10.6 Å². The van der Waals surface area contributed by atoms with Crippen LogP contribution in [0.2, 0.25) is 0 Å². The Morgan fingerprint density at radius 2 is 2.14 bits per heavy atom. The number of morpholine rings is 1. The lowest BCUT2D eigenvalue weighted by Crippen LogP contribution is -2.46. The molecule has 3 fully saturated rings. The van der Waals surface area contributed by atoms with Gasteiger partial charge in [0, 0.05) is 39.1 Å².